The van der Waals surface area contributed by atoms with Gasteiger partial charge in [-0.15, -0.1) is 11.6 Å². The molecule has 4 heteroatoms. The molecule has 0 radical (unpaired) electrons. The number of hydrogen-bond acceptors (Lipinski definition) is 1. The van der Waals surface area contributed by atoms with Crippen LogP contribution in [0.25, 0.3) is 0 Å². The van der Waals surface area contributed by atoms with Crippen molar-refractivity contribution in [2.24, 2.45) is 0 Å². The second kappa shape index (κ2) is 6.65. The van der Waals surface area contributed by atoms with Crippen molar-refractivity contribution in [2.75, 3.05) is 7.11 Å². The number of hydrogen-bond donors (Lipinski definition) is 0. The summed E-state index contributed by atoms with van der Waals surface area (Å²) in [5.74, 6) is 0.839. The molecule has 0 aromatic heterocycles. The number of methoxy groups -OCH3 is 1. The Balaban J connectivity index is 2.20. The van der Waals surface area contributed by atoms with Gasteiger partial charge in [0.05, 0.1) is 12.5 Å². The minimum absolute atomic E-state index is 0.139. The van der Waals surface area contributed by atoms with E-state index in [0.29, 0.717) is 5.02 Å². The number of rotatable bonds is 4. The number of ether oxygens (including phenoxy) is 1. The van der Waals surface area contributed by atoms with Gasteiger partial charge in [0.1, 0.15) is 5.75 Å². The van der Waals surface area contributed by atoms with Crippen molar-refractivity contribution in [1.82, 2.24) is 0 Å². The Morgan fingerprint density at radius 3 is 2.74 bits per heavy atom. The third-order valence-electron chi connectivity index (χ3n) is 2.84. The Kier molecular flexibility index (Phi) is 5.14. The van der Waals surface area contributed by atoms with Crippen LogP contribution in [0.2, 0.25) is 5.02 Å². The van der Waals surface area contributed by atoms with E-state index in [1.165, 1.54) is 0 Å². The lowest BCUT2D eigenvalue weighted by Crippen LogP contribution is -1.97. The first-order chi connectivity index (χ1) is 9.10. The molecule has 19 heavy (non-hydrogen) atoms. The van der Waals surface area contributed by atoms with E-state index in [4.69, 9.17) is 27.9 Å². The summed E-state index contributed by atoms with van der Waals surface area (Å²) in [5, 5.41) is 0.551. The van der Waals surface area contributed by atoms with E-state index >= 15 is 0 Å². The van der Waals surface area contributed by atoms with Crippen LogP contribution < -0.4 is 4.74 Å². The highest BCUT2D eigenvalue weighted by Crippen LogP contribution is 2.33. The largest absolute Gasteiger partial charge is 0.497 e. The average Bonchev–Trinajstić information content (AvgIpc) is 2.41. The van der Waals surface area contributed by atoms with Crippen LogP contribution in [0.1, 0.15) is 16.5 Å². The standard InChI is InChI=1S/C15H13BrCl2O/c1-19-12-4-2-3-10(7-12)8-15(18)13-9-11(17)5-6-14(13)16/h2-7,9,15H,8H2,1H3. The molecule has 0 aliphatic heterocycles. The van der Waals surface area contributed by atoms with E-state index in [1.54, 1.807) is 7.11 Å². The molecule has 0 saturated carbocycles. The zero-order valence-electron chi connectivity index (χ0n) is 10.4. The molecule has 1 atom stereocenters. The molecule has 2 rings (SSSR count). The van der Waals surface area contributed by atoms with Crippen LogP contribution in [0.4, 0.5) is 0 Å². The van der Waals surface area contributed by atoms with Crippen molar-refractivity contribution in [3.05, 3.63) is 63.1 Å². The van der Waals surface area contributed by atoms with Gasteiger partial charge in [-0.25, -0.2) is 0 Å². The highest BCUT2D eigenvalue weighted by molar-refractivity contribution is 9.10. The van der Waals surface area contributed by atoms with Crippen molar-refractivity contribution >= 4 is 39.1 Å². The lowest BCUT2D eigenvalue weighted by Gasteiger charge is -2.13. The Bertz CT molecular complexity index is 572. The van der Waals surface area contributed by atoms with Crippen molar-refractivity contribution < 1.29 is 4.74 Å². The minimum Gasteiger partial charge on any atom is -0.497 e. The highest BCUT2D eigenvalue weighted by Gasteiger charge is 2.13. The molecule has 0 aliphatic carbocycles. The summed E-state index contributed by atoms with van der Waals surface area (Å²) in [5.41, 5.74) is 2.13. The number of halogens is 3. The summed E-state index contributed by atoms with van der Waals surface area (Å²) >= 11 is 16.0. The first-order valence-corrected chi connectivity index (χ1v) is 7.43. The molecule has 0 aliphatic rings. The van der Waals surface area contributed by atoms with Crippen molar-refractivity contribution in [3.63, 3.8) is 0 Å². The van der Waals surface area contributed by atoms with Gasteiger partial charge in [0, 0.05) is 9.50 Å². The molecule has 0 N–H and O–H groups in total. The molecular formula is C15H13BrCl2O. The van der Waals surface area contributed by atoms with Crippen molar-refractivity contribution in [2.45, 2.75) is 11.8 Å². The lowest BCUT2D eigenvalue weighted by molar-refractivity contribution is 0.414. The molecule has 0 fully saturated rings. The van der Waals surface area contributed by atoms with Gasteiger partial charge >= 0.3 is 0 Å². The van der Waals surface area contributed by atoms with E-state index in [-0.39, 0.29) is 5.38 Å². The second-order valence-corrected chi connectivity index (χ2v) is 6.01. The predicted molar refractivity (Wildman–Crippen MR) is 84.4 cm³/mol. The summed E-state index contributed by atoms with van der Waals surface area (Å²) in [6.45, 7) is 0. The van der Waals surface area contributed by atoms with E-state index in [9.17, 15) is 0 Å². The predicted octanol–water partition coefficient (Wildman–Crippen LogP) is 5.63. The molecule has 1 unspecified atom stereocenters. The third-order valence-corrected chi connectivity index (χ3v) is 4.19. The van der Waals surface area contributed by atoms with E-state index in [2.05, 4.69) is 15.9 Å². The molecule has 2 aromatic carbocycles. The molecule has 0 heterocycles. The van der Waals surface area contributed by atoms with Crippen LogP contribution in [-0.4, -0.2) is 7.11 Å². The Labute approximate surface area is 131 Å². The molecule has 1 nitrogen and oxygen atoms in total. The van der Waals surface area contributed by atoms with Gasteiger partial charge in [0.15, 0.2) is 0 Å². The minimum atomic E-state index is -0.139. The van der Waals surface area contributed by atoms with E-state index in [1.807, 2.05) is 42.5 Å². The van der Waals surface area contributed by atoms with Crippen LogP contribution in [0, 0.1) is 0 Å². The fourth-order valence-electron chi connectivity index (χ4n) is 1.87. The maximum atomic E-state index is 6.48. The summed E-state index contributed by atoms with van der Waals surface area (Å²) < 4.78 is 6.18. The molecule has 0 saturated heterocycles. The zero-order valence-corrected chi connectivity index (χ0v) is 13.5. The van der Waals surface area contributed by atoms with Crippen LogP contribution in [0.5, 0.6) is 5.75 Å². The Morgan fingerprint density at radius 1 is 1.21 bits per heavy atom. The smallest absolute Gasteiger partial charge is 0.119 e. The monoisotopic (exact) mass is 358 g/mol. The zero-order chi connectivity index (χ0) is 13.8. The molecule has 2 aromatic rings. The van der Waals surface area contributed by atoms with Gasteiger partial charge in [-0.3, -0.25) is 0 Å². The first-order valence-electron chi connectivity index (χ1n) is 5.82. The molecule has 0 amide bonds. The summed E-state index contributed by atoms with van der Waals surface area (Å²) in [4.78, 5) is 0. The van der Waals surface area contributed by atoms with Crippen molar-refractivity contribution in [3.8, 4) is 5.75 Å². The van der Waals surface area contributed by atoms with Gasteiger partial charge in [0.2, 0.25) is 0 Å². The fraction of sp³-hybridized carbons (Fsp3) is 0.200. The molecule has 100 valence electrons. The second-order valence-electron chi connectivity index (χ2n) is 4.19. The van der Waals surface area contributed by atoms with Crippen LogP contribution >= 0.6 is 39.1 Å². The summed E-state index contributed by atoms with van der Waals surface area (Å²) in [6.07, 6.45) is 0.720. The Hall–Kier alpha value is -0.700. The fourth-order valence-corrected chi connectivity index (χ4v) is 3.06. The van der Waals surface area contributed by atoms with Crippen LogP contribution in [-0.2, 0) is 6.42 Å². The molecule has 0 spiro atoms. The maximum absolute atomic E-state index is 6.48. The summed E-state index contributed by atoms with van der Waals surface area (Å²) in [6, 6.07) is 13.6. The average molecular weight is 360 g/mol. The maximum Gasteiger partial charge on any atom is 0.119 e. The molecule has 0 bridgehead atoms. The van der Waals surface area contributed by atoms with E-state index in [0.717, 1.165) is 27.8 Å². The lowest BCUT2D eigenvalue weighted by atomic mass is 10.0. The van der Waals surface area contributed by atoms with Gasteiger partial charge < -0.3 is 4.74 Å². The SMILES string of the molecule is COc1cccc(CC(Cl)c2cc(Cl)ccc2Br)c1. The first kappa shape index (κ1) is 14.7. The highest BCUT2D eigenvalue weighted by atomic mass is 79.9. The summed E-state index contributed by atoms with van der Waals surface area (Å²) in [7, 11) is 1.66. The molecular weight excluding hydrogens is 347 g/mol. The Morgan fingerprint density at radius 2 is 2.00 bits per heavy atom. The van der Waals surface area contributed by atoms with Gasteiger partial charge in [-0.1, -0.05) is 39.7 Å². The topological polar surface area (TPSA) is 9.23 Å². The number of benzene rings is 2. The normalized spacial score (nSPS) is 12.2. The van der Waals surface area contributed by atoms with Crippen LogP contribution in [0.15, 0.2) is 46.9 Å². The third kappa shape index (κ3) is 3.88. The quantitative estimate of drug-likeness (QED) is 0.642. The van der Waals surface area contributed by atoms with Gasteiger partial charge in [-0.05, 0) is 47.9 Å². The van der Waals surface area contributed by atoms with Gasteiger partial charge in [-0.2, -0.15) is 0 Å². The van der Waals surface area contributed by atoms with E-state index < -0.39 is 0 Å². The number of alkyl halides is 1. The van der Waals surface area contributed by atoms with Crippen LogP contribution in [0.3, 0.4) is 0 Å². The van der Waals surface area contributed by atoms with Gasteiger partial charge in [0.25, 0.3) is 0 Å². The van der Waals surface area contributed by atoms with Crippen molar-refractivity contribution in [1.29, 1.82) is 0 Å².